The van der Waals surface area contributed by atoms with E-state index in [4.69, 9.17) is 4.74 Å². The van der Waals surface area contributed by atoms with Gasteiger partial charge in [0, 0.05) is 6.08 Å². The molecule has 0 N–H and O–H groups in total. The third-order valence-corrected chi connectivity index (χ3v) is 2.87. The van der Waals surface area contributed by atoms with Gasteiger partial charge in [0.25, 0.3) is 0 Å². The van der Waals surface area contributed by atoms with Crippen molar-refractivity contribution in [3.63, 3.8) is 0 Å². The molecule has 0 aliphatic heterocycles. The molecule has 0 aromatic rings. The van der Waals surface area contributed by atoms with Crippen LogP contribution in [0.5, 0.6) is 0 Å². The normalized spacial score (nSPS) is 12.0. The molecule has 0 bridgehead atoms. The van der Waals surface area contributed by atoms with Crippen LogP contribution in [0.4, 0.5) is 0 Å². The number of rotatable bonds is 9. The van der Waals surface area contributed by atoms with Gasteiger partial charge in [-0.25, -0.2) is 4.79 Å². The van der Waals surface area contributed by atoms with E-state index in [0.717, 1.165) is 31.3 Å². The summed E-state index contributed by atoms with van der Waals surface area (Å²) in [5.41, 5.74) is 3.68. The molecule has 112 valence electrons. The summed E-state index contributed by atoms with van der Waals surface area (Å²) in [6, 6.07) is 0. The van der Waals surface area contributed by atoms with Crippen molar-refractivity contribution < 1.29 is 9.53 Å². The van der Waals surface area contributed by atoms with Crippen LogP contribution in [0.2, 0.25) is 0 Å². The van der Waals surface area contributed by atoms with Crippen molar-refractivity contribution in [2.24, 2.45) is 0 Å². The average molecular weight is 276 g/mol. The first-order valence-corrected chi connectivity index (χ1v) is 7.28. The minimum atomic E-state index is -0.286. The first-order valence-electron chi connectivity index (χ1n) is 7.28. The molecule has 0 amide bonds. The Hall–Kier alpha value is -1.57. The number of esters is 1. The second kappa shape index (κ2) is 11.3. The lowest BCUT2D eigenvalue weighted by Crippen LogP contribution is -2.00. The maximum Gasteiger partial charge on any atom is 0.331 e. The fourth-order valence-corrected chi connectivity index (χ4v) is 1.74. The van der Waals surface area contributed by atoms with Gasteiger partial charge in [0.1, 0.15) is 0 Å². The van der Waals surface area contributed by atoms with Gasteiger partial charge in [0.2, 0.25) is 0 Å². The van der Waals surface area contributed by atoms with Crippen molar-refractivity contribution in [3.8, 4) is 0 Å². The summed E-state index contributed by atoms with van der Waals surface area (Å²) >= 11 is 0. The van der Waals surface area contributed by atoms with E-state index >= 15 is 0 Å². The monoisotopic (exact) mass is 276 g/mol. The highest BCUT2D eigenvalue weighted by Crippen LogP contribution is 2.12. The quantitative estimate of drug-likeness (QED) is 0.252. The van der Waals surface area contributed by atoms with Gasteiger partial charge < -0.3 is 4.74 Å². The molecule has 2 heteroatoms. The van der Waals surface area contributed by atoms with E-state index in [1.807, 2.05) is 0 Å². The van der Waals surface area contributed by atoms with E-state index in [1.54, 1.807) is 13.0 Å². The van der Waals surface area contributed by atoms with Gasteiger partial charge in [-0.05, 0) is 59.0 Å². The lowest BCUT2D eigenvalue weighted by Gasteiger charge is -2.02. The molecular weight excluding hydrogens is 248 g/mol. The van der Waals surface area contributed by atoms with Crippen molar-refractivity contribution in [3.05, 3.63) is 47.6 Å². The zero-order valence-corrected chi connectivity index (χ0v) is 13.4. The number of allylic oxidation sites excluding steroid dienone is 6. The molecule has 0 aliphatic rings. The highest BCUT2D eigenvalue weighted by Gasteiger charge is 1.99. The lowest BCUT2D eigenvalue weighted by atomic mass is 10.1. The van der Waals surface area contributed by atoms with Gasteiger partial charge in [-0.3, -0.25) is 0 Å². The smallest absolute Gasteiger partial charge is 0.331 e. The zero-order valence-electron chi connectivity index (χ0n) is 13.4. The Morgan fingerprint density at radius 3 is 2.30 bits per heavy atom. The Bertz CT molecular complexity index is 394. The fourth-order valence-electron chi connectivity index (χ4n) is 1.74. The van der Waals surface area contributed by atoms with Crippen molar-refractivity contribution in [1.82, 2.24) is 0 Å². The molecule has 0 unspecified atom stereocenters. The van der Waals surface area contributed by atoms with Gasteiger partial charge in [0.15, 0.2) is 0 Å². The van der Waals surface area contributed by atoms with Crippen LogP contribution in [0.3, 0.4) is 0 Å². The molecule has 2 nitrogen and oxygen atoms in total. The van der Waals surface area contributed by atoms with E-state index in [9.17, 15) is 4.79 Å². The molecule has 0 saturated carbocycles. The molecular formula is C18H28O2. The Kier molecular flexibility index (Phi) is 10.4. The Balaban J connectivity index is 4.20. The summed E-state index contributed by atoms with van der Waals surface area (Å²) in [4.78, 5) is 11.3. The predicted octanol–water partition coefficient (Wildman–Crippen LogP) is 5.13. The number of hydrogen-bond acceptors (Lipinski definition) is 2. The van der Waals surface area contributed by atoms with Crippen LogP contribution in [-0.4, -0.2) is 12.6 Å². The summed E-state index contributed by atoms with van der Waals surface area (Å²) in [6.07, 6.45) is 11.7. The van der Waals surface area contributed by atoms with Crippen molar-refractivity contribution in [2.75, 3.05) is 6.61 Å². The van der Waals surface area contributed by atoms with Crippen LogP contribution in [0.1, 0.15) is 53.4 Å². The van der Waals surface area contributed by atoms with Crippen LogP contribution in [0.25, 0.3) is 0 Å². The van der Waals surface area contributed by atoms with Gasteiger partial charge in [-0.15, -0.1) is 0 Å². The lowest BCUT2D eigenvalue weighted by molar-refractivity contribution is -0.137. The Morgan fingerprint density at radius 2 is 1.75 bits per heavy atom. The van der Waals surface area contributed by atoms with Crippen LogP contribution in [0, 0.1) is 0 Å². The summed E-state index contributed by atoms with van der Waals surface area (Å²) in [5, 5.41) is 0. The molecule has 0 aliphatic carbocycles. The summed E-state index contributed by atoms with van der Waals surface area (Å²) in [7, 11) is 0. The maximum absolute atomic E-state index is 11.3. The summed E-state index contributed by atoms with van der Waals surface area (Å²) < 4.78 is 4.89. The molecule has 0 heterocycles. The second-order valence-electron chi connectivity index (χ2n) is 5.08. The largest absolute Gasteiger partial charge is 0.463 e. The topological polar surface area (TPSA) is 26.3 Å². The zero-order chi connectivity index (χ0) is 15.4. The molecule has 0 fully saturated rings. The summed E-state index contributed by atoms with van der Waals surface area (Å²) in [6.45, 7) is 12.3. The molecule has 0 aromatic heterocycles. The van der Waals surface area contributed by atoms with Gasteiger partial charge >= 0.3 is 5.97 Å². The molecule has 0 saturated heterocycles. The van der Waals surface area contributed by atoms with Crippen LogP contribution >= 0.6 is 0 Å². The van der Waals surface area contributed by atoms with Gasteiger partial charge in [-0.2, -0.15) is 0 Å². The molecule has 0 spiro atoms. The number of carbonyl (C=O) groups is 1. The first-order chi connectivity index (χ1) is 9.49. The molecule has 20 heavy (non-hydrogen) atoms. The second-order valence-corrected chi connectivity index (χ2v) is 5.08. The van der Waals surface area contributed by atoms with Gasteiger partial charge in [-0.1, -0.05) is 36.0 Å². The van der Waals surface area contributed by atoms with E-state index in [1.165, 1.54) is 17.2 Å². The van der Waals surface area contributed by atoms with Crippen molar-refractivity contribution in [2.45, 2.75) is 53.4 Å². The van der Waals surface area contributed by atoms with E-state index in [0.29, 0.717) is 6.61 Å². The fraction of sp³-hybridized carbons (Fsp3) is 0.500. The highest BCUT2D eigenvalue weighted by atomic mass is 16.5. The van der Waals surface area contributed by atoms with E-state index < -0.39 is 0 Å². The standard InChI is InChI=1S/C18H28O2/c1-6-17(14-18(19)20-7-2)13-9-12-16(5)11-8-10-15(3)4/h6,10,12,14H,1,7-9,11,13H2,2-5H3/b16-12+,17-14-. The maximum atomic E-state index is 11.3. The number of carbonyl (C=O) groups excluding carboxylic acids is 1. The van der Waals surface area contributed by atoms with Gasteiger partial charge in [0.05, 0.1) is 6.61 Å². The van der Waals surface area contributed by atoms with Crippen molar-refractivity contribution in [1.29, 1.82) is 0 Å². The van der Waals surface area contributed by atoms with E-state index in [-0.39, 0.29) is 5.97 Å². The highest BCUT2D eigenvalue weighted by molar-refractivity contribution is 5.83. The third kappa shape index (κ3) is 10.4. The van der Waals surface area contributed by atoms with Crippen LogP contribution in [0.15, 0.2) is 47.6 Å². The van der Waals surface area contributed by atoms with E-state index in [2.05, 4.69) is 39.5 Å². The molecule has 0 aromatic carbocycles. The molecule has 0 atom stereocenters. The summed E-state index contributed by atoms with van der Waals surface area (Å²) in [5.74, 6) is -0.286. The molecule has 0 radical (unpaired) electrons. The number of hydrogen-bond donors (Lipinski definition) is 0. The SMILES string of the molecule is C=C/C(=C/C(=O)OCC)CC/C=C(\C)CCC=C(C)C. The average Bonchev–Trinajstić information content (AvgIpc) is 2.37. The number of ether oxygens (including phenoxy) is 1. The Labute approximate surface area is 123 Å². The first kappa shape index (κ1) is 18.4. The predicted molar refractivity (Wildman–Crippen MR) is 86.6 cm³/mol. The van der Waals surface area contributed by atoms with Crippen LogP contribution in [-0.2, 0) is 9.53 Å². The molecule has 0 rings (SSSR count). The Morgan fingerprint density at radius 1 is 1.10 bits per heavy atom. The van der Waals surface area contributed by atoms with Crippen molar-refractivity contribution >= 4 is 5.97 Å². The third-order valence-electron chi connectivity index (χ3n) is 2.87. The van der Waals surface area contributed by atoms with Crippen LogP contribution < -0.4 is 0 Å². The minimum Gasteiger partial charge on any atom is -0.463 e. The minimum absolute atomic E-state index is 0.286.